The fourth-order valence-electron chi connectivity index (χ4n) is 1.74. The number of carbonyl (C=O) groups is 1. The molecule has 100 valence electrons. The Labute approximate surface area is 114 Å². The molecular formula is C13H12ClNO4. The number of carbonyl (C=O) groups excluding carboxylic acids is 1. The predicted octanol–water partition coefficient (Wildman–Crippen LogP) is 1.46. The molecule has 2 rings (SSSR count). The first-order valence-electron chi connectivity index (χ1n) is 5.53. The maximum Gasteiger partial charge on any atom is 0.337 e. The first-order chi connectivity index (χ1) is 9.02. The van der Waals surface area contributed by atoms with E-state index in [4.69, 9.17) is 11.6 Å². The van der Waals surface area contributed by atoms with Crippen LogP contribution in [0.15, 0.2) is 30.3 Å². The van der Waals surface area contributed by atoms with E-state index >= 15 is 0 Å². The Morgan fingerprint density at radius 3 is 2.74 bits per heavy atom. The van der Waals surface area contributed by atoms with Gasteiger partial charge >= 0.3 is 5.97 Å². The molecule has 0 aliphatic rings. The van der Waals surface area contributed by atoms with Gasteiger partial charge in [-0.2, -0.15) is 0 Å². The van der Waals surface area contributed by atoms with Crippen molar-refractivity contribution < 1.29 is 19.7 Å². The zero-order valence-electron chi connectivity index (χ0n) is 10.1. The average molecular weight is 282 g/mol. The minimum absolute atomic E-state index is 0.371. The Kier molecular flexibility index (Phi) is 3.99. The molecule has 2 atom stereocenters. The number of ether oxygens (including phenoxy) is 1. The molecule has 2 aromatic rings. The van der Waals surface area contributed by atoms with Gasteiger partial charge in [0.25, 0.3) is 0 Å². The zero-order chi connectivity index (χ0) is 14.0. The normalized spacial score (nSPS) is 14.1. The van der Waals surface area contributed by atoms with Crippen molar-refractivity contribution in [3.8, 4) is 0 Å². The maximum atomic E-state index is 11.2. The molecule has 0 bridgehead atoms. The van der Waals surface area contributed by atoms with Crippen LogP contribution in [-0.2, 0) is 9.53 Å². The van der Waals surface area contributed by atoms with E-state index in [1.807, 2.05) is 0 Å². The first kappa shape index (κ1) is 13.7. The van der Waals surface area contributed by atoms with Crippen LogP contribution in [0.1, 0.15) is 11.7 Å². The number of hydrogen-bond acceptors (Lipinski definition) is 5. The Bertz CT molecular complexity index is 617. The Morgan fingerprint density at radius 1 is 1.32 bits per heavy atom. The van der Waals surface area contributed by atoms with E-state index in [2.05, 4.69) is 9.72 Å². The summed E-state index contributed by atoms with van der Waals surface area (Å²) in [5, 5.41) is 20.6. The molecule has 0 radical (unpaired) electrons. The molecule has 0 saturated carbocycles. The Hall–Kier alpha value is -1.69. The highest BCUT2D eigenvalue weighted by Gasteiger charge is 2.26. The fraction of sp³-hybridized carbons (Fsp3) is 0.231. The molecule has 2 unspecified atom stereocenters. The van der Waals surface area contributed by atoms with Crippen molar-refractivity contribution in [2.24, 2.45) is 0 Å². The number of esters is 1. The number of rotatable bonds is 3. The number of halogens is 1. The molecule has 0 fully saturated rings. The van der Waals surface area contributed by atoms with Crippen molar-refractivity contribution in [2.75, 3.05) is 7.11 Å². The lowest BCUT2D eigenvalue weighted by molar-refractivity contribution is -0.156. The number of benzene rings is 1. The number of methoxy groups -OCH3 is 1. The number of nitrogens with zero attached hydrogens (tertiary/aromatic N) is 1. The molecule has 0 aliphatic heterocycles. The highest BCUT2D eigenvalue weighted by Crippen LogP contribution is 2.23. The van der Waals surface area contributed by atoms with Crippen LogP contribution in [0.4, 0.5) is 0 Å². The van der Waals surface area contributed by atoms with Crippen LogP contribution in [0.5, 0.6) is 0 Å². The topological polar surface area (TPSA) is 79.7 Å². The van der Waals surface area contributed by atoms with Crippen LogP contribution in [0.3, 0.4) is 0 Å². The SMILES string of the molecule is COC(=O)C(O)C(O)c1ccc2nc(Cl)ccc2c1. The van der Waals surface area contributed by atoms with Gasteiger partial charge in [0.15, 0.2) is 6.10 Å². The summed E-state index contributed by atoms with van der Waals surface area (Å²) in [7, 11) is 1.14. The monoisotopic (exact) mass is 281 g/mol. The molecule has 1 aromatic heterocycles. The molecule has 6 heteroatoms. The second kappa shape index (κ2) is 5.52. The van der Waals surface area contributed by atoms with Gasteiger partial charge in [-0.25, -0.2) is 9.78 Å². The highest BCUT2D eigenvalue weighted by molar-refractivity contribution is 6.29. The average Bonchev–Trinajstić information content (AvgIpc) is 2.44. The van der Waals surface area contributed by atoms with Crippen LogP contribution in [0.25, 0.3) is 10.9 Å². The van der Waals surface area contributed by atoms with Gasteiger partial charge in [0.2, 0.25) is 0 Å². The van der Waals surface area contributed by atoms with E-state index in [0.717, 1.165) is 12.5 Å². The number of aliphatic hydroxyl groups excluding tert-OH is 2. The van der Waals surface area contributed by atoms with Crippen molar-refractivity contribution in [2.45, 2.75) is 12.2 Å². The molecule has 0 aliphatic carbocycles. The van der Waals surface area contributed by atoms with Gasteiger partial charge in [0.1, 0.15) is 11.3 Å². The van der Waals surface area contributed by atoms with Crippen molar-refractivity contribution in [3.05, 3.63) is 41.0 Å². The molecular weight excluding hydrogens is 270 g/mol. The summed E-state index contributed by atoms with van der Waals surface area (Å²) in [6.45, 7) is 0. The van der Waals surface area contributed by atoms with Gasteiger partial charge < -0.3 is 14.9 Å². The second-order valence-electron chi connectivity index (χ2n) is 4.00. The molecule has 2 N–H and O–H groups in total. The largest absolute Gasteiger partial charge is 0.467 e. The first-order valence-corrected chi connectivity index (χ1v) is 5.91. The van der Waals surface area contributed by atoms with Gasteiger partial charge in [-0.05, 0) is 29.8 Å². The summed E-state index contributed by atoms with van der Waals surface area (Å²) in [6, 6.07) is 8.23. The van der Waals surface area contributed by atoms with E-state index in [1.165, 1.54) is 0 Å². The maximum absolute atomic E-state index is 11.2. The zero-order valence-corrected chi connectivity index (χ0v) is 10.8. The number of hydrogen-bond donors (Lipinski definition) is 2. The van der Waals surface area contributed by atoms with Gasteiger partial charge in [-0.3, -0.25) is 0 Å². The summed E-state index contributed by atoms with van der Waals surface area (Å²) in [4.78, 5) is 15.3. The van der Waals surface area contributed by atoms with E-state index < -0.39 is 18.2 Å². The number of fused-ring (bicyclic) bond motifs is 1. The van der Waals surface area contributed by atoms with Crippen molar-refractivity contribution >= 4 is 28.5 Å². The summed E-state index contributed by atoms with van der Waals surface area (Å²) < 4.78 is 4.38. The number of aliphatic hydroxyl groups is 2. The fourth-order valence-corrected chi connectivity index (χ4v) is 1.89. The van der Waals surface area contributed by atoms with Crippen LogP contribution in [-0.4, -0.2) is 34.4 Å². The number of aromatic nitrogens is 1. The minimum atomic E-state index is -1.62. The van der Waals surface area contributed by atoms with Gasteiger partial charge in [-0.15, -0.1) is 0 Å². The molecule has 5 nitrogen and oxygen atoms in total. The van der Waals surface area contributed by atoms with Crippen LogP contribution in [0.2, 0.25) is 5.15 Å². The third-order valence-electron chi connectivity index (χ3n) is 2.76. The Balaban J connectivity index is 2.35. The van der Waals surface area contributed by atoms with Gasteiger partial charge in [0, 0.05) is 5.39 Å². The summed E-state index contributed by atoms with van der Waals surface area (Å²) in [5.41, 5.74) is 1.06. The van der Waals surface area contributed by atoms with Gasteiger partial charge in [0.05, 0.1) is 12.6 Å². The van der Waals surface area contributed by atoms with E-state index in [1.54, 1.807) is 30.3 Å². The van der Waals surface area contributed by atoms with E-state index in [9.17, 15) is 15.0 Å². The second-order valence-corrected chi connectivity index (χ2v) is 4.39. The predicted molar refractivity (Wildman–Crippen MR) is 69.7 cm³/mol. The van der Waals surface area contributed by atoms with E-state index in [0.29, 0.717) is 16.2 Å². The lowest BCUT2D eigenvalue weighted by atomic mass is 10.0. The van der Waals surface area contributed by atoms with Crippen LogP contribution < -0.4 is 0 Å². The molecule has 1 heterocycles. The Morgan fingerprint density at radius 2 is 2.05 bits per heavy atom. The van der Waals surface area contributed by atoms with Crippen LogP contribution in [0, 0.1) is 0 Å². The lowest BCUT2D eigenvalue weighted by Gasteiger charge is -2.16. The third kappa shape index (κ3) is 2.84. The van der Waals surface area contributed by atoms with Crippen LogP contribution >= 0.6 is 11.6 Å². The number of pyridine rings is 1. The summed E-state index contributed by atoms with van der Waals surface area (Å²) >= 11 is 5.77. The molecule has 0 spiro atoms. The molecule has 0 amide bonds. The standard InChI is InChI=1S/C13H12ClNO4/c1-19-13(18)12(17)11(16)8-2-4-9-7(6-8)3-5-10(14)15-9/h2-6,11-12,16-17H,1H3. The van der Waals surface area contributed by atoms with Crippen molar-refractivity contribution in [3.63, 3.8) is 0 Å². The van der Waals surface area contributed by atoms with Crippen molar-refractivity contribution in [1.29, 1.82) is 0 Å². The molecule has 19 heavy (non-hydrogen) atoms. The third-order valence-corrected chi connectivity index (χ3v) is 2.97. The smallest absolute Gasteiger partial charge is 0.337 e. The summed E-state index contributed by atoms with van der Waals surface area (Å²) in [5.74, 6) is -0.887. The highest BCUT2D eigenvalue weighted by atomic mass is 35.5. The van der Waals surface area contributed by atoms with E-state index in [-0.39, 0.29) is 0 Å². The van der Waals surface area contributed by atoms with Gasteiger partial charge in [-0.1, -0.05) is 17.7 Å². The minimum Gasteiger partial charge on any atom is -0.467 e. The lowest BCUT2D eigenvalue weighted by Crippen LogP contribution is -2.29. The summed E-state index contributed by atoms with van der Waals surface area (Å²) in [6.07, 6.45) is -2.98. The quantitative estimate of drug-likeness (QED) is 0.658. The molecule has 0 saturated heterocycles. The van der Waals surface area contributed by atoms with Crippen molar-refractivity contribution in [1.82, 2.24) is 4.98 Å². The molecule has 1 aromatic carbocycles.